The normalized spacial score (nSPS) is 18.8. The molecule has 1 heterocycles. The Kier molecular flexibility index (Phi) is 4.06. The summed E-state index contributed by atoms with van der Waals surface area (Å²) in [4.78, 5) is 1.38. The van der Waals surface area contributed by atoms with E-state index in [4.69, 9.17) is 11.6 Å². The molecule has 1 nitrogen and oxygen atoms in total. The third-order valence-electron chi connectivity index (χ3n) is 3.22. The number of halogens is 1. The molecule has 0 radical (unpaired) electrons. The lowest BCUT2D eigenvalue weighted by atomic mass is 9.85. The minimum absolute atomic E-state index is 0.503. The molecule has 3 heteroatoms. The number of thiophene rings is 1. The van der Waals surface area contributed by atoms with Gasteiger partial charge in [-0.2, -0.15) is 0 Å². The smallest absolute Gasteiger partial charge is 0.0931 e. The average Bonchev–Trinajstić information content (AvgIpc) is 2.56. The molecule has 15 heavy (non-hydrogen) atoms. The van der Waals surface area contributed by atoms with Gasteiger partial charge < -0.3 is 5.32 Å². The predicted octanol–water partition coefficient (Wildman–Crippen LogP) is 4.24. The van der Waals surface area contributed by atoms with Crippen LogP contribution in [0.15, 0.2) is 12.1 Å². The molecule has 0 aliphatic heterocycles. The van der Waals surface area contributed by atoms with Gasteiger partial charge in [-0.15, -0.1) is 11.3 Å². The monoisotopic (exact) mass is 243 g/mol. The van der Waals surface area contributed by atoms with E-state index < -0.39 is 0 Å². The van der Waals surface area contributed by atoms with Crippen molar-refractivity contribution in [2.24, 2.45) is 5.92 Å². The first-order chi connectivity index (χ1) is 7.29. The summed E-state index contributed by atoms with van der Waals surface area (Å²) >= 11 is 7.65. The Hall–Kier alpha value is -0.0500. The Morgan fingerprint density at radius 1 is 1.53 bits per heavy atom. The highest BCUT2D eigenvalue weighted by Gasteiger charge is 2.19. The fraction of sp³-hybridized carbons (Fsp3) is 0.667. The third-order valence-corrected chi connectivity index (χ3v) is 4.57. The van der Waals surface area contributed by atoms with Gasteiger partial charge in [0.25, 0.3) is 0 Å². The molecule has 1 unspecified atom stereocenters. The van der Waals surface area contributed by atoms with E-state index in [-0.39, 0.29) is 0 Å². The van der Waals surface area contributed by atoms with Crippen molar-refractivity contribution in [2.45, 2.75) is 38.6 Å². The zero-order valence-corrected chi connectivity index (χ0v) is 10.7. The Morgan fingerprint density at radius 2 is 2.33 bits per heavy atom. The summed E-state index contributed by atoms with van der Waals surface area (Å²) in [6, 6.07) is 4.65. The molecule has 1 aromatic rings. The molecule has 2 rings (SSSR count). The molecule has 1 atom stereocenters. The van der Waals surface area contributed by atoms with Gasteiger partial charge in [-0.3, -0.25) is 0 Å². The van der Waals surface area contributed by atoms with Crippen molar-refractivity contribution in [1.29, 1.82) is 0 Å². The van der Waals surface area contributed by atoms with Crippen LogP contribution in [0.4, 0.5) is 0 Å². The maximum absolute atomic E-state index is 5.95. The highest BCUT2D eigenvalue weighted by molar-refractivity contribution is 7.16. The van der Waals surface area contributed by atoms with E-state index in [0.717, 1.165) is 16.7 Å². The molecule has 1 aliphatic carbocycles. The van der Waals surface area contributed by atoms with Crippen LogP contribution in [0.3, 0.4) is 0 Å². The highest BCUT2D eigenvalue weighted by Crippen LogP contribution is 2.30. The van der Waals surface area contributed by atoms with E-state index >= 15 is 0 Å². The second kappa shape index (κ2) is 5.33. The van der Waals surface area contributed by atoms with E-state index in [2.05, 4.69) is 18.3 Å². The second-order valence-electron chi connectivity index (χ2n) is 4.31. The van der Waals surface area contributed by atoms with Gasteiger partial charge in [-0.25, -0.2) is 0 Å². The lowest BCUT2D eigenvalue weighted by Crippen LogP contribution is -2.29. The van der Waals surface area contributed by atoms with Crippen LogP contribution in [0.25, 0.3) is 0 Å². The maximum atomic E-state index is 5.95. The molecule has 1 aromatic heterocycles. The SMILES string of the molecule is CCC(NCC1CCC1)c1ccc(Cl)s1. The van der Waals surface area contributed by atoms with Gasteiger partial charge in [0.05, 0.1) is 4.34 Å². The van der Waals surface area contributed by atoms with Gasteiger partial charge in [-0.1, -0.05) is 24.9 Å². The number of hydrogen-bond acceptors (Lipinski definition) is 2. The van der Waals surface area contributed by atoms with E-state index in [1.807, 2.05) is 6.07 Å². The topological polar surface area (TPSA) is 12.0 Å². The summed E-state index contributed by atoms with van der Waals surface area (Å²) in [6.07, 6.45) is 5.39. The summed E-state index contributed by atoms with van der Waals surface area (Å²) in [6.45, 7) is 3.40. The Morgan fingerprint density at radius 3 is 2.80 bits per heavy atom. The fourth-order valence-electron chi connectivity index (χ4n) is 1.97. The Balaban J connectivity index is 1.85. The predicted molar refractivity (Wildman–Crippen MR) is 67.7 cm³/mol. The summed E-state index contributed by atoms with van der Waals surface area (Å²) in [5.41, 5.74) is 0. The van der Waals surface area contributed by atoms with Crippen molar-refractivity contribution in [3.05, 3.63) is 21.3 Å². The molecule has 1 N–H and O–H groups in total. The van der Waals surface area contributed by atoms with E-state index in [9.17, 15) is 0 Å². The Labute approximate surface area is 101 Å². The standard InChI is InChI=1S/C12H18ClNS/c1-2-10(11-6-7-12(13)15-11)14-8-9-4-3-5-9/h6-7,9-10,14H,2-5,8H2,1H3. The Bertz CT molecular complexity index is 306. The van der Waals surface area contributed by atoms with E-state index in [1.54, 1.807) is 11.3 Å². The molecular formula is C12H18ClNS. The van der Waals surface area contributed by atoms with Gasteiger partial charge >= 0.3 is 0 Å². The van der Waals surface area contributed by atoms with Crippen molar-refractivity contribution < 1.29 is 0 Å². The molecular weight excluding hydrogens is 226 g/mol. The van der Waals surface area contributed by atoms with Crippen molar-refractivity contribution in [3.63, 3.8) is 0 Å². The van der Waals surface area contributed by atoms with Gasteiger partial charge in [0.2, 0.25) is 0 Å². The van der Waals surface area contributed by atoms with Crippen LogP contribution >= 0.6 is 22.9 Å². The lowest BCUT2D eigenvalue weighted by molar-refractivity contribution is 0.288. The zero-order valence-electron chi connectivity index (χ0n) is 9.13. The average molecular weight is 244 g/mol. The number of nitrogens with one attached hydrogen (secondary N) is 1. The largest absolute Gasteiger partial charge is 0.309 e. The minimum Gasteiger partial charge on any atom is -0.309 e. The molecule has 0 aromatic carbocycles. The molecule has 84 valence electrons. The van der Waals surface area contributed by atoms with Crippen LogP contribution in [-0.2, 0) is 0 Å². The van der Waals surface area contributed by atoms with Crippen molar-refractivity contribution in [1.82, 2.24) is 5.32 Å². The first-order valence-electron chi connectivity index (χ1n) is 5.78. The number of hydrogen-bond donors (Lipinski definition) is 1. The first kappa shape index (κ1) is 11.4. The van der Waals surface area contributed by atoms with Crippen LogP contribution in [-0.4, -0.2) is 6.54 Å². The molecule has 0 spiro atoms. The summed E-state index contributed by atoms with van der Waals surface area (Å²) < 4.78 is 0.897. The van der Waals surface area contributed by atoms with Crippen molar-refractivity contribution in [3.8, 4) is 0 Å². The van der Waals surface area contributed by atoms with Crippen LogP contribution in [0.1, 0.15) is 43.5 Å². The van der Waals surface area contributed by atoms with Gasteiger partial charge in [0.1, 0.15) is 0 Å². The quantitative estimate of drug-likeness (QED) is 0.816. The molecule has 1 aliphatic rings. The fourth-order valence-corrected chi connectivity index (χ4v) is 3.19. The van der Waals surface area contributed by atoms with E-state index in [0.29, 0.717) is 6.04 Å². The van der Waals surface area contributed by atoms with Crippen LogP contribution in [0.5, 0.6) is 0 Å². The molecule has 0 amide bonds. The van der Waals surface area contributed by atoms with Crippen molar-refractivity contribution >= 4 is 22.9 Å². The molecule has 0 saturated heterocycles. The molecule has 0 bridgehead atoms. The summed E-state index contributed by atoms with van der Waals surface area (Å²) in [5.74, 6) is 0.925. The van der Waals surface area contributed by atoms with Gasteiger partial charge in [0, 0.05) is 10.9 Å². The lowest BCUT2D eigenvalue weighted by Gasteiger charge is -2.27. The van der Waals surface area contributed by atoms with Crippen molar-refractivity contribution in [2.75, 3.05) is 6.54 Å². The summed E-state index contributed by atoms with van der Waals surface area (Å²) in [5, 5.41) is 3.65. The third kappa shape index (κ3) is 2.96. The van der Waals surface area contributed by atoms with Gasteiger partial charge in [0.15, 0.2) is 0 Å². The maximum Gasteiger partial charge on any atom is 0.0931 e. The van der Waals surface area contributed by atoms with E-state index in [1.165, 1.54) is 30.7 Å². The first-order valence-corrected chi connectivity index (χ1v) is 6.97. The van der Waals surface area contributed by atoms with Gasteiger partial charge in [-0.05, 0) is 43.9 Å². The zero-order chi connectivity index (χ0) is 10.7. The molecule has 1 saturated carbocycles. The number of rotatable bonds is 5. The van der Waals surface area contributed by atoms with Crippen LogP contribution in [0.2, 0.25) is 4.34 Å². The highest BCUT2D eigenvalue weighted by atomic mass is 35.5. The molecule has 1 fully saturated rings. The van der Waals surface area contributed by atoms with Crippen LogP contribution in [0, 0.1) is 5.92 Å². The second-order valence-corrected chi connectivity index (χ2v) is 6.05. The summed E-state index contributed by atoms with van der Waals surface area (Å²) in [7, 11) is 0. The minimum atomic E-state index is 0.503. The van der Waals surface area contributed by atoms with Crippen LogP contribution < -0.4 is 5.32 Å².